The Morgan fingerprint density at radius 2 is 2.11 bits per heavy atom. The molecule has 100 valence electrons. The van der Waals surface area contributed by atoms with Gasteiger partial charge in [0.15, 0.2) is 5.82 Å². The third kappa shape index (κ3) is 3.19. The number of rotatable bonds is 5. The Bertz CT molecular complexity index is 451. The zero-order valence-corrected chi connectivity index (χ0v) is 11.2. The van der Waals surface area contributed by atoms with Gasteiger partial charge in [0.1, 0.15) is 0 Å². The van der Waals surface area contributed by atoms with E-state index in [1.807, 2.05) is 19.0 Å². The number of nitrogens with two attached hydrogens (primary N) is 2. The number of benzene rings is 1. The van der Waals surface area contributed by atoms with E-state index >= 15 is 0 Å². The van der Waals surface area contributed by atoms with Crippen molar-refractivity contribution in [3.63, 3.8) is 0 Å². The lowest BCUT2D eigenvalue weighted by molar-refractivity contribution is 0.0996. The van der Waals surface area contributed by atoms with E-state index in [1.54, 1.807) is 6.07 Å². The Morgan fingerprint density at radius 1 is 1.50 bits per heavy atom. The second kappa shape index (κ2) is 6.13. The molecule has 0 aromatic heterocycles. The van der Waals surface area contributed by atoms with Crippen molar-refractivity contribution in [2.75, 3.05) is 20.6 Å². The van der Waals surface area contributed by atoms with Gasteiger partial charge in [0.25, 0.3) is 5.91 Å². The molecule has 0 aliphatic carbocycles. The first-order valence-electron chi connectivity index (χ1n) is 5.51. The molecule has 18 heavy (non-hydrogen) atoms. The van der Waals surface area contributed by atoms with Crippen molar-refractivity contribution >= 4 is 17.5 Å². The van der Waals surface area contributed by atoms with Crippen LogP contribution in [0.5, 0.6) is 0 Å². The summed E-state index contributed by atoms with van der Waals surface area (Å²) in [6.45, 7) is 0.433. The van der Waals surface area contributed by atoms with Gasteiger partial charge < -0.3 is 16.4 Å². The fourth-order valence-corrected chi connectivity index (χ4v) is 1.91. The van der Waals surface area contributed by atoms with Crippen molar-refractivity contribution in [2.24, 2.45) is 11.5 Å². The fraction of sp³-hybridized carbons (Fsp3) is 0.417. The second-order valence-electron chi connectivity index (χ2n) is 4.32. The number of carbonyl (C=O) groups is 1. The summed E-state index contributed by atoms with van der Waals surface area (Å²) in [5.74, 6) is -1.60. The van der Waals surface area contributed by atoms with E-state index in [4.69, 9.17) is 23.1 Å². The maximum atomic E-state index is 13.8. The van der Waals surface area contributed by atoms with E-state index in [2.05, 4.69) is 0 Å². The van der Waals surface area contributed by atoms with E-state index in [0.29, 0.717) is 18.5 Å². The Kier molecular flexibility index (Phi) is 5.07. The summed E-state index contributed by atoms with van der Waals surface area (Å²) < 4.78 is 13.8. The number of hydrogen-bond acceptors (Lipinski definition) is 3. The quantitative estimate of drug-likeness (QED) is 0.841. The lowest BCUT2D eigenvalue weighted by Crippen LogP contribution is -2.37. The largest absolute Gasteiger partial charge is 0.366 e. The number of hydrogen-bond donors (Lipinski definition) is 2. The van der Waals surface area contributed by atoms with E-state index in [9.17, 15) is 9.18 Å². The number of nitrogens with zero attached hydrogens (tertiary/aromatic N) is 1. The molecule has 0 saturated carbocycles. The van der Waals surface area contributed by atoms with E-state index < -0.39 is 11.7 Å². The highest BCUT2D eigenvalue weighted by Gasteiger charge is 2.18. The van der Waals surface area contributed by atoms with Crippen LogP contribution in [0.15, 0.2) is 12.1 Å². The predicted octanol–water partition coefficient (Wildman–Crippen LogP) is 1.01. The number of likely N-dealkylation sites (N-methyl/N-ethyl adjacent to an activating group) is 1. The van der Waals surface area contributed by atoms with Crippen molar-refractivity contribution in [1.82, 2.24) is 4.90 Å². The molecular formula is C12H17ClFN3O. The molecule has 0 spiro atoms. The molecule has 6 heteroatoms. The van der Waals surface area contributed by atoms with Crippen molar-refractivity contribution < 1.29 is 9.18 Å². The standard InChI is InChI=1S/C12H17ClFN3O/c1-17(2)8(6-15)5-7-3-4-9(12(16)18)11(14)10(7)13/h3-4,8H,5-6,15H2,1-2H3,(H2,16,18). The molecule has 1 aromatic carbocycles. The molecule has 0 saturated heterocycles. The van der Waals surface area contributed by atoms with Crippen LogP contribution in [0.3, 0.4) is 0 Å². The van der Waals surface area contributed by atoms with Gasteiger partial charge in [0, 0.05) is 12.6 Å². The van der Waals surface area contributed by atoms with Crippen LogP contribution in [-0.4, -0.2) is 37.5 Å². The minimum absolute atomic E-state index is 0.0568. The van der Waals surface area contributed by atoms with Crippen molar-refractivity contribution in [2.45, 2.75) is 12.5 Å². The average Bonchev–Trinajstić information content (AvgIpc) is 2.30. The van der Waals surface area contributed by atoms with Crippen LogP contribution >= 0.6 is 11.6 Å². The van der Waals surface area contributed by atoms with E-state index in [1.165, 1.54) is 6.07 Å². The normalized spacial score (nSPS) is 12.8. The van der Waals surface area contributed by atoms with Gasteiger partial charge in [-0.15, -0.1) is 0 Å². The van der Waals surface area contributed by atoms with E-state index in [0.717, 1.165) is 0 Å². The van der Waals surface area contributed by atoms with Gasteiger partial charge in [-0.1, -0.05) is 17.7 Å². The minimum atomic E-state index is -0.830. The zero-order chi connectivity index (χ0) is 13.9. The summed E-state index contributed by atoms with van der Waals surface area (Å²) >= 11 is 5.91. The topological polar surface area (TPSA) is 72.3 Å². The monoisotopic (exact) mass is 273 g/mol. The maximum absolute atomic E-state index is 13.8. The molecule has 0 fully saturated rings. The summed E-state index contributed by atoms with van der Waals surface area (Å²) in [5, 5.41) is -0.0633. The summed E-state index contributed by atoms with van der Waals surface area (Å²) in [7, 11) is 3.78. The maximum Gasteiger partial charge on any atom is 0.251 e. The number of primary amides is 1. The molecule has 0 bridgehead atoms. The molecule has 1 aromatic rings. The summed E-state index contributed by atoms with van der Waals surface area (Å²) in [6.07, 6.45) is 0.512. The lowest BCUT2D eigenvalue weighted by Gasteiger charge is -2.23. The first-order chi connectivity index (χ1) is 8.38. The van der Waals surface area contributed by atoms with Crippen molar-refractivity contribution in [1.29, 1.82) is 0 Å². The van der Waals surface area contributed by atoms with Crippen LogP contribution in [0, 0.1) is 5.82 Å². The van der Waals surface area contributed by atoms with Crippen molar-refractivity contribution in [3.8, 4) is 0 Å². The third-order valence-electron chi connectivity index (χ3n) is 2.89. The van der Waals surface area contributed by atoms with Crippen LogP contribution in [-0.2, 0) is 6.42 Å². The predicted molar refractivity (Wildman–Crippen MR) is 70.2 cm³/mol. The molecule has 4 nitrogen and oxygen atoms in total. The van der Waals surface area contributed by atoms with Gasteiger partial charge in [-0.25, -0.2) is 4.39 Å². The van der Waals surface area contributed by atoms with Crippen molar-refractivity contribution in [3.05, 3.63) is 34.1 Å². The second-order valence-corrected chi connectivity index (χ2v) is 4.70. The van der Waals surface area contributed by atoms with Crippen LogP contribution in [0.4, 0.5) is 4.39 Å². The van der Waals surface area contributed by atoms with Gasteiger partial charge in [-0.3, -0.25) is 4.79 Å². The van der Waals surface area contributed by atoms with Gasteiger partial charge >= 0.3 is 0 Å². The molecule has 0 aliphatic rings. The molecule has 0 radical (unpaired) electrons. The van der Waals surface area contributed by atoms with Crippen LogP contribution in [0.2, 0.25) is 5.02 Å². The summed E-state index contributed by atoms with van der Waals surface area (Å²) in [4.78, 5) is 12.9. The molecule has 0 heterocycles. The Labute approximate surface area is 111 Å². The highest BCUT2D eigenvalue weighted by Crippen LogP contribution is 2.24. The molecule has 4 N–H and O–H groups in total. The van der Waals surface area contributed by atoms with Crippen LogP contribution in [0.1, 0.15) is 15.9 Å². The van der Waals surface area contributed by atoms with Gasteiger partial charge in [0.05, 0.1) is 10.6 Å². The van der Waals surface area contributed by atoms with E-state index in [-0.39, 0.29) is 16.6 Å². The van der Waals surface area contributed by atoms with Crippen LogP contribution < -0.4 is 11.5 Å². The Hall–Kier alpha value is -1.17. The first kappa shape index (κ1) is 14.9. The van der Waals surface area contributed by atoms with Gasteiger partial charge in [-0.2, -0.15) is 0 Å². The summed E-state index contributed by atoms with van der Waals surface area (Å²) in [6, 6.07) is 3.01. The molecule has 1 rings (SSSR count). The number of amides is 1. The highest BCUT2D eigenvalue weighted by molar-refractivity contribution is 6.32. The molecule has 1 unspecified atom stereocenters. The Balaban J connectivity index is 3.05. The number of carbonyl (C=O) groups excluding carboxylic acids is 1. The van der Waals surface area contributed by atoms with Gasteiger partial charge in [0.2, 0.25) is 0 Å². The number of halogens is 2. The average molecular weight is 274 g/mol. The Morgan fingerprint density at radius 3 is 2.56 bits per heavy atom. The SMILES string of the molecule is CN(C)C(CN)Cc1ccc(C(N)=O)c(F)c1Cl. The first-order valence-corrected chi connectivity index (χ1v) is 5.89. The molecule has 1 atom stereocenters. The lowest BCUT2D eigenvalue weighted by atomic mass is 10.0. The smallest absolute Gasteiger partial charge is 0.251 e. The zero-order valence-electron chi connectivity index (χ0n) is 10.4. The van der Waals surface area contributed by atoms with Crippen LogP contribution in [0.25, 0.3) is 0 Å². The minimum Gasteiger partial charge on any atom is -0.366 e. The summed E-state index contributed by atoms with van der Waals surface area (Å²) in [5.41, 5.74) is 11.1. The third-order valence-corrected chi connectivity index (χ3v) is 3.29. The highest BCUT2D eigenvalue weighted by atomic mass is 35.5. The molecule has 0 aliphatic heterocycles. The molecular weight excluding hydrogens is 257 g/mol. The fourth-order valence-electron chi connectivity index (χ4n) is 1.67. The molecule has 1 amide bonds. The van der Waals surface area contributed by atoms with Gasteiger partial charge in [-0.05, 0) is 32.1 Å².